The topological polar surface area (TPSA) is 41.9 Å². The number of methoxy groups -OCH3 is 1. The lowest BCUT2D eigenvalue weighted by atomic mass is 9.84. The predicted molar refractivity (Wildman–Crippen MR) is 84.0 cm³/mol. The van der Waals surface area contributed by atoms with Crippen molar-refractivity contribution in [1.82, 2.24) is 4.90 Å². The average Bonchev–Trinajstić information content (AvgIpc) is 2.43. The minimum absolute atomic E-state index is 0.104. The molecule has 1 heterocycles. The number of unbranched alkanes of at least 4 members (excludes halogenated alkanes) is 1. The first kappa shape index (κ1) is 16.1. The van der Waals surface area contributed by atoms with E-state index in [4.69, 9.17) is 9.47 Å². The molecule has 21 heavy (non-hydrogen) atoms. The second kappa shape index (κ2) is 6.24. The summed E-state index contributed by atoms with van der Waals surface area (Å²) in [5.74, 6) is 1.40. The van der Waals surface area contributed by atoms with E-state index in [1.165, 1.54) is 0 Å². The Hall–Kier alpha value is -1.26. The van der Waals surface area contributed by atoms with E-state index >= 15 is 0 Å². The number of aliphatic hydroxyl groups excluding tert-OH is 1. The first-order valence-electron chi connectivity index (χ1n) is 7.66. The fourth-order valence-corrected chi connectivity index (χ4v) is 3.28. The molecule has 0 amide bonds. The van der Waals surface area contributed by atoms with Crippen LogP contribution in [0.3, 0.4) is 0 Å². The van der Waals surface area contributed by atoms with Gasteiger partial charge < -0.3 is 14.6 Å². The molecular formula is C17H27NO3. The van der Waals surface area contributed by atoms with Gasteiger partial charge in [0.1, 0.15) is 23.2 Å². The van der Waals surface area contributed by atoms with Crippen LogP contribution < -0.4 is 9.47 Å². The molecule has 1 aromatic carbocycles. The van der Waals surface area contributed by atoms with Crippen molar-refractivity contribution < 1.29 is 14.6 Å². The highest BCUT2D eigenvalue weighted by molar-refractivity contribution is 5.49. The third-order valence-corrected chi connectivity index (χ3v) is 4.27. The quantitative estimate of drug-likeness (QED) is 0.906. The van der Waals surface area contributed by atoms with Crippen LogP contribution in [0.4, 0.5) is 0 Å². The fourth-order valence-electron chi connectivity index (χ4n) is 3.28. The maximum absolute atomic E-state index is 10.9. The first-order chi connectivity index (χ1) is 9.92. The molecule has 1 N–H and O–H groups in total. The van der Waals surface area contributed by atoms with Crippen molar-refractivity contribution in [3.63, 3.8) is 0 Å². The average molecular weight is 293 g/mol. The number of likely N-dealkylation sites (N-methyl/N-ethyl adjacent to an activating group) is 1. The van der Waals surface area contributed by atoms with Gasteiger partial charge in [-0.05, 0) is 46.0 Å². The second-order valence-corrected chi connectivity index (χ2v) is 6.30. The van der Waals surface area contributed by atoms with Gasteiger partial charge in [-0.3, -0.25) is 4.90 Å². The van der Waals surface area contributed by atoms with Crippen LogP contribution in [0.2, 0.25) is 0 Å². The van der Waals surface area contributed by atoms with Gasteiger partial charge in [-0.1, -0.05) is 19.4 Å². The number of fused-ring (bicyclic) bond motifs is 1. The molecule has 2 rings (SSSR count). The smallest absolute Gasteiger partial charge is 0.129 e. The van der Waals surface area contributed by atoms with Gasteiger partial charge in [-0.15, -0.1) is 0 Å². The lowest BCUT2D eigenvalue weighted by Gasteiger charge is -2.47. The summed E-state index contributed by atoms with van der Waals surface area (Å²) in [6.07, 6.45) is 1.62. The van der Waals surface area contributed by atoms with Crippen molar-refractivity contribution in [2.75, 3.05) is 20.7 Å². The van der Waals surface area contributed by atoms with Gasteiger partial charge >= 0.3 is 0 Å². The Balaban J connectivity index is 2.38. The molecule has 0 aromatic heterocycles. The third kappa shape index (κ3) is 3.01. The van der Waals surface area contributed by atoms with Gasteiger partial charge in [0.15, 0.2) is 0 Å². The lowest BCUT2D eigenvalue weighted by molar-refractivity contribution is -0.0758. The second-order valence-electron chi connectivity index (χ2n) is 6.30. The number of benzene rings is 1. The Morgan fingerprint density at radius 1 is 1.38 bits per heavy atom. The van der Waals surface area contributed by atoms with Crippen molar-refractivity contribution in [2.24, 2.45) is 0 Å². The number of ether oxygens (including phenoxy) is 2. The van der Waals surface area contributed by atoms with E-state index in [1.54, 1.807) is 7.11 Å². The van der Waals surface area contributed by atoms with Crippen LogP contribution >= 0.6 is 0 Å². The normalized spacial score (nSPS) is 23.6. The maximum atomic E-state index is 10.9. The monoisotopic (exact) mass is 293 g/mol. The summed E-state index contributed by atoms with van der Waals surface area (Å²) >= 11 is 0. The predicted octanol–water partition coefficient (Wildman–Crippen LogP) is 3.00. The number of aliphatic hydroxyl groups is 1. The summed E-state index contributed by atoms with van der Waals surface area (Å²) in [5.41, 5.74) is 0.300. The molecule has 0 radical (unpaired) electrons. The van der Waals surface area contributed by atoms with Crippen LogP contribution in [0, 0.1) is 0 Å². The summed E-state index contributed by atoms with van der Waals surface area (Å²) in [6.45, 7) is 7.18. The zero-order chi connectivity index (χ0) is 15.6. The van der Waals surface area contributed by atoms with E-state index in [1.807, 2.05) is 32.0 Å². The van der Waals surface area contributed by atoms with Crippen molar-refractivity contribution in [1.29, 1.82) is 0 Å². The van der Waals surface area contributed by atoms with E-state index < -0.39 is 11.7 Å². The van der Waals surface area contributed by atoms with E-state index in [0.29, 0.717) is 11.5 Å². The van der Waals surface area contributed by atoms with Crippen LogP contribution in [0.5, 0.6) is 11.5 Å². The van der Waals surface area contributed by atoms with Crippen LogP contribution in [-0.2, 0) is 0 Å². The zero-order valence-electron chi connectivity index (χ0n) is 13.7. The van der Waals surface area contributed by atoms with Crippen LogP contribution in [0.15, 0.2) is 18.2 Å². The van der Waals surface area contributed by atoms with Gasteiger partial charge in [0.2, 0.25) is 0 Å². The summed E-state index contributed by atoms with van der Waals surface area (Å²) in [7, 11) is 3.67. The lowest BCUT2D eigenvalue weighted by Crippen LogP contribution is -2.57. The summed E-state index contributed by atoms with van der Waals surface area (Å²) in [5, 5.41) is 10.9. The van der Waals surface area contributed by atoms with Gasteiger partial charge in [0.05, 0.1) is 18.7 Å². The molecule has 0 saturated carbocycles. The van der Waals surface area contributed by atoms with Gasteiger partial charge in [-0.2, -0.15) is 0 Å². The van der Waals surface area contributed by atoms with Gasteiger partial charge in [0, 0.05) is 0 Å². The van der Waals surface area contributed by atoms with Crippen molar-refractivity contribution in [3.05, 3.63) is 23.8 Å². The number of rotatable bonds is 5. The molecule has 4 nitrogen and oxygen atoms in total. The minimum atomic E-state index is -0.623. The van der Waals surface area contributed by atoms with Crippen molar-refractivity contribution in [3.8, 4) is 11.5 Å². The SMILES string of the molecule is CCCCN(C)C1C(O)c2c(OC)cccc2OC1(C)C. The molecule has 0 spiro atoms. The standard InChI is InChI=1S/C17H27NO3/c1-6-7-11-18(4)16-15(19)14-12(20-5)9-8-10-13(14)21-17(16,2)3/h8-10,15-16,19H,6-7,11H2,1-5H3. The highest BCUT2D eigenvalue weighted by atomic mass is 16.5. The molecule has 0 bridgehead atoms. The molecule has 2 atom stereocenters. The molecule has 1 aliphatic heterocycles. The molecule has 0 aliphatic carbocycles. The largest absolute Gasteiger partial charge is 0.496 e. The zero-order valence-corrected chi connectivity index (χ0v) is 13.7. The Labute approximate surface area is 127 Å². The van der Waals surface area contributed by atoms with Crippen molar-refractivity contribution in [2.45, 2.75) is 51.4 Å². The number of hydrogen-bond acceptors (Lipinski definition) is 4. The summed E-state index contributed by atoms with van der Waals surface area (Å²) in [6, 6.07) is 5.55. The Morgan fingerprint density at radius 3 is 2.71 bits per heavy atom. The Morgan fingerprint density at radius 2 is 2.10 bits per heavy atom. The van der Waals surface area contributed by atoms with E-state index in [0.717, 1.165) is 24.9 Å². The molecule has 0 fully saturated rings. The Bertz CT molecular complexity index is 487. The molecular weight excluding hydrogens is 266 g/mol. The number of hydrogen-bond donors (Lipinski definition) is 1. The van der Waals surface area contributed by atoms with E-state index in [9.17, 15) is 5.11 Å². The van der Waals surface area contributed by atoms with E-state index in [-0.39, 0.29) is 6.04 Å². The van der Waals surface area contributed by atoms with Gasteiger partial charge in [0.25, 0.3) is 0 Å². The van der Waals surface area contributed by atoms with Crippen LogP contribution in [-0.4, -0.2) is 42.4 Å². The number of nitrogens with zero attached hydrogens (tertiary/aromatic N) is 1. The van der Waals surface area contributed by atoms with Crippen molar-refractivity contribution >= 4 is 0 Å². The fraction of sp³-hybridized carbons (Fsp3) is 0.647. The maximum Gasteiger partial charge on any atom is 0.129 e. The molecule has 118 valence electrons. The molecule has 1 aromatic rings. The molecule has 0 saturated heterocycles. The third-order valence-electron chi connectivity index (χ3n) is 4.27. The van der Waals surface area contributed by atoms with Gasteiger partial charge in [-0.25, -0.2) is 0 Å². The Kier molecular flexibility index (Phi) is 4.79. The van der Waals surface area contributed by atoms with E-state index in [2.05, 4.69) is 18.9 Å². The first-order valence-corrected chi connectivity index (χ1v) is 7.66. The van der Waals surface area contributed by atoms with Crippen LogP contribution in [0.25, 0.3) is 0 Å². The van der Waals surface area contributed by atoms with Crippen LogP contribution in [0.1, 0.15) is 45.3 Å². The molecule has 1 aliphatic rings. The highest BCUT2D eigenvalue weighted by Gasteiger charge is 2.46. The minimum Gasteiger partial charge on any atom is -0.496 e. The highest BCUT2D eigenvalue weighted by Crippen LogP contribution is 2.45. The summed E-state index contributed by atoms with van der Waals surface area (Å²) in [4.78, 5) is 2.20. The summed E-state index contributed by atoms with van der Waals surface area (Å²) < 4.78 is 11.6. The molecule has 2 unspecified atom stereocenters. The molecule has 4 heteroatoms.